The van der Waals surface area contributed by atoms with Crippen molar-refractivity contribution < 1.29 is 0 Å². The maximum Gasteiger partial charge on any atom is 0.272 e. The minimum atomic E-state index is -0.275. The normalized spacial score (nSPS) is 14.6. The number of H-pyrrole nitrogens is 1. The largest absolute Gasteiger partial charge is 0.295 e. The molecule has 4 heterocycles. The van der Waals surface area contributed by atoms with E-state index in [0.29, 0.717) is 27.8 Å². The van der Waals surface area contributed by atoms with Gasteiger partial charge in [-0.1, -0.05) is 24.6 Å². The molecule has 0 spiro atoms. The highest BCUT2D eigenvalue weighted by Crippen LogP contribution is 2.35. The first kappa shape index (κ1) is 20.0. The van der Waals surface area contributed by atoms with Crippen LogP contribution in [-0.2, 0) is 5.75 Å². The summed E-state index contributed by atoms with van der Waals surface area (Å²) in [4.78, 5) is 37.1. The van der Waals surface area contributed by atoms with Gasteiger partial charge in [-0.3, -0.25) is 19.3 Å². The fraction of sp³-hybridized carbons (Fsp3) is 0.381. The van der Waals surface area contributed by atoms with Crippen LogP contribution in [0, 0.1) is 25.2 Å². The van der Waals surface area contributed by atoms with Crippen molar-refractivity contribution in [1.82, 2.24) is 24.1 Å². The van der Waals surface area contributed by atoms with E-state index in [2.05, 4.69) is 10.1 Å². The molecule has 0 radical (unpaired) electrons. The molecule has 4 aromatic rings. The van der Waals surface area contributed by atoms with Gasteiger partial charge in [0.2, 0.25) is 0 Å². The average molecular weight is 453 g/mol. The highest BCUT2D eigenvalue weighted by molar-refractivity contribution is 7.98. The second-order valence-corrected chi connectivity index (χ2v) is 9.95. The number of fused-ring (bicyclic) bond motifs is 2. The van der Waals surface area contributed by atoms with Crippen molar-refractivity contribution in [3.8, 4) is 6.07 Å². The van der Waals surface area contributed by atoms with Gasteiger partial charge >= 0.3 is 0 Å². The third kappa shape index (κ3) is 3.28. The van der Waals surface area contributed by atoms with Crippen molar-refractivity contribution in [2.24, 2.45) is 0 Å². The van der Waals surface area contributed by atoms with E-state index in [9.17, 15) is 14.9 Å². The SMILES string of the molecule is Cc1sc2nc(SCc3cc(=O)n4[nH]cc(C#N)c4n3)n(C3CCCC3)c(=O)c2c1C. The number of aromatic amines is 1. The van der Waals surface area contributed by atoms with Crippen molar-refractivity contribution in [1.29, 1.82) is 5.26 Å². The molecule has 0 aliphatic heterocycles. The molecule has 0 amide bonds. The van der Waals surface area contributed by atoms with Crippen molar-refractivity contribution in [2.75, 3.05) is 0 Å². The van der Waals surface area contributed by atoms with Crippen LogP contribution in [0.15, 0.2) is 27.0 Å². The smallest absolute Gasteiger partial charge is 0.272 e. The Balaban J connectivity index is 1.58. The Morgan fingerprint density at radius 2 is 2.06 bits per heavy atom. The summed E-state index contributed by atoms with van der Waals surface area (Å²) < 4.78 is 3.12. The first-order valence-electron chi connectivity index (χ1n) is 10.1. The molecule has 8 nitrogen and oxygen atoms in total. The average Bonchev–Trinajstić information content (AvgIpc) is 3.47. The topological polar surface area (TPSA) is 109 Å². The van der Waals surface area contributed by atoms with Gasteiger partial charge in [-0.25, -0.2) is 14.5 Å². The molecule has 1 aliphatic carbocycles. The van der Waals surface area contributed by atoms with Crippen molar-refractivity contribution in [3.05, 3.63) is 54.7 Å². The zero-order valence-electron chi connectivity index (χ0n) is 17.1. The molecule has 5 rings (SSSR count). The number of nitrogens with zero attached hydrogens (tertiary/aromatic N) is 5. The molecule has 1 N–H and O–H groups in total. The number of nitrogens with one attached hydrogen (secondary N) is 1. The molecule has 1 fully saturated rings. The van der Waals surface area contributed by atoms with Crippen LogP contribution in [0.2, 0.25) is 0 Å². The minimum Gasteiger partial charge on any atom is -0.295 e. The first-order valence-corrected chi connectivity index (χ1v) is 11.9. The standard InChI is InChI=1S/C21H20N6O2S2/c1-11-12(2)31-19-17(11)20(29)26(15-5-3-4-6-15)21(25-19)30-10-14-7-16(28)27-18(24-14)13(8-22)9-23-27/h7,9,15,23H,3-6,10H2,1-2H3. The predicted molar refractivity (Wildman–Crippen MR) is 121 cm³/mol. The maximum atomic E-state index is 13.5. The number of aromatic nitrogens is 5. The predicted octanol–water partition coefficient (Wildman–Crippen LogP) is 3.69. The Hall–Kier alpha value is -2.90. The van der Waals surface area contributed by atoms with Crippen LogP contribution in [0.25, 0.3) is 15.9 Å². The number of hydrogen-bond donors (Lipinski definition) is 1. The number of aryl methyl sites for hydroxylation is 2. The highest BCUT2D eigenvalue weighted by atomic mass is 32.2. The van der Waals surface area contributed by atoms with E-state index in [-0.39, 0.29) is 17.2 Å². The molecule has 158 valence electrons. The molecule has 0 aromatic carbocycles. The Morgan fingerprint density at radius 3 is 2.81 bits per heavy atom. The summed E-state index contributed by atoms with van der Waals surface area (Å²) in [5.74, 6) is 0.385. The molecule has 0 unspecified atom stereocenters. The molecule has 0 saturated heterocycles. The highest BCUT2D eigenvalue weighted by Gasteiger charge is 2.25. The van der Waals surface area contributed by atoms with Gasteiger partial charge in [-0.2, -0.15) is 5.26 Å². The Labute approximate surface area is 185 Å². The van der Waals surface area contributed by atoms with E-state index in [0.717, 1.165) is 46.3 Å². The molecular weight excluding hydrogens is 432 g/mol. The summed E-state index contributed by atoms with van der Waals surface area (Å²) >= 11 is 2.96. The molecule has 31 heavy (non-hydrogen) atoms. The second kappa shape index (κ2) is 7.66. The van der Waals surface area contributed by atoms with Gasteiger partial charge in [0.05, 0.1) is 11.1 Å². The van der Waals surface area contributed by atoms with Gasteiger partial charge in [0.25, 0.3) is 11.1 Å². The first-order chi connectivity index (χ1) is 15.0. The van der Waals surface area contributed by atoms with Crippen LogP contribution < -0.4 is 11.1 Å². The van der Waals surface area contributed by atoms with E-state index in [4.69, 9.17) is 4.98 Å². The molecule has 0 bridgehead atoms. The maximum absolute atomic E-state index is 13.5. The number of thioether (sulfide) groups is 1. The monoisotopic (exact) mass is 452 g/mol. The van der Waals surface area contributed by atoms with Gasteiger partial charge in [0.1, 0.15) is 16.5 Å². The third-order valence-electron chi connectivity index (χ3n) is 5.91. The van der Waals surface area contributed by atoms with Crippen LogP contribution in [-0.4, -0.2) is 24.1 Å². The summed E-state index contributed by atoms with van der Waals surface area (Å²) in [5, 5.41) is 13.4. The molecular formula is C21H20N6O2S2. The van der Waals surface area contributed by atoms with Gasteiger partial charge in [0.15, 0.2) is 10.8 Å². The van der Waals surface area contributed by atoms with Crippen LogP contribution in [0.4, 0.5) is 0 Å². The number of hydrogen-bond acceptors (Lipinski definition) is 7. The molecule has 0 atom stereocenters. The number of nitriles is 1. The van der Waals surface area contributed by atoms with Gasteiger partial charge in [-0.15, -0.1) is 11.3 Å². The Kier molecular flexibility index (Phi) is 4.95. The third-order valence-corrected chi connectivity index (χ3v) is 8.00. The van der Waals surface area contributed by atoms with Gasteiger partial charge in [-0.05, 0) is 32.3 Å². The lowest BCUT2D eigenvalue weighted by molar-refractivity contribution is 0.458. The van der Waals surface area contributed by atoms with E-state index in [1.807, 2.05) is 24.5 Å². The fourth-order valence-electron chi connectivity index (χ4n) is 4.20. The Bertz CT molecular complexity index is 1480. The molecule has 1 aliphatic rings. The summed E-state index contributed by atoms with van der Waals surface area (Å²) in [6.07, 6.45) is 5.64. The van der Waals surface area contributed by atoms with Crippen LogP contribution in [0.5, 0.6) is 0 Å². The van der Waals surface area contributed by atoms with E-state index in [1.54, 1.807) is 11.3 Å². The zero-order valence-corrected chi connectivity index (χ0v) is 18.8. The lowest BCUT2D eigenvalue weighted by Gasteiger charge is -2.18. The van der Waals surface area contributed by atoms with Crippen LogP contribution in [0.3, 0.4) is 0 Å². The molecule has 10 heteroatoms. The van der Waals surface area contributed by atoms with E-state index >= 15 is 0 Å². The summed E-state index contributed by atoms with van der Waals surface area (Å²) in [7, 11) is 0. The van der Waals surface area contributed by atoms with Crippen LogP contribution in [0.1, 0.15) is 53.4 Å². The van der Waals surface area contributed by atoms with Crippen molar-refractivity contribution >= 4 is 39.0 Å². The number of thiophene rings is 1. The van der Waals surface area contributed by atoms with Gasteiger partial charge in [0, 0.05) is 28.9 Å². The van der Waals surface area contributed by atoms with E-state index in [1.165, 1.54) is 28.5 Å². The minimum absolute atomic E-state index is 0.0298. The van der Waals surface area contributed by atoms with Crippen molar-refractivity contribution in [2.45, 2.75) is 56.5 Å². The lowest BCUT2D eigenvalue weighted by atomic mass is 10.2. The molecule has 4 aromatic heterocycles. The summed E-state index contributed by atoms with van der Waals surface area (Å²) in [6, 6.07) is 3.65. The van der Waals surface area contributed by atoms with Crippen molar-refractivity contribution in [3.63, 3.8) is 0 Å². The summed E-state index contributed by atoms with van der Waals surface area (Å²) in [5.41, 5.74) is 1.95. The number of rotatable bonds is 4. The zero-order chi connectivity index (χ0) is 21.7. The van der Waals surface area contributed by atoms with Gasteiger partial charge < -0.3 is 0 Å². The Morgan fingerprint density at radius 1 is 1.29 bits per heavy atom. The quantitative estimate of drug-likeness (QED) is 0.374. The molecule has 1 saturated carbocycles. The fourth-order valence-corrected chi connectivity index (χ4v) is 6.23. The second-order valence-electron chi connectivity index (χ2n) is 7.80. The lowest BCUT2D eigenvalue weighted by Crippen LogP contribution is -2.26. The van der Waals surface area contributed by atoms with Crippen LogP contribution >= 0.6 is 23.1 Å². The summed E-state index contributed by atoms with van der Waals surface area (Å²) in [6.45, 7) is 4.00. The van der Waals surface area contributed by atoms with E-state index < -0.39 is 0 Å².